The Kier molecular flexibility index (Phi) is 14.7. The molecule has 0 spiro atoms. The SMILES string of the molecule is CC[C@@H]1CN(C)[C@@H](C)C(=O)[C@H](C)C[C@](C)(O)[C@H](O[C@@H]2O[C@H](C)C[C@H](N(C)C)[C@H]2O)[C@@H](C)[C@H](O[C@H]2C[C@@](C)(OC)[C@@H](O)[C@H](C)O2)[C@@H](C)C(=O)O1. The van der Waals surface area contributed by atoms with Gasteiger partial charge in [-0.2, -0.15) is 0 Å². The number of nitrogens with zero attached hydrogens (tertiary/aromatic N) is 2. The predicted molar refractivity (Wildman–Crippen MR) is 183 cm³/mol. The van der Waals surface area contributed by atoms with Gasteiger partial charge in [-0.1, -0.05) is 20.8 Å². The number of likely N-dealkylation sites (N-methyl/N-ethyl adjacent to an activating group) is 2. The van der Waals surface area contributed by atoms with Gasteiger partial charge in [0.2, 0.25) is 0 Å². The van der Waals surface area contributed by atoms with Crippen LogP contribution >= 0.6 is 0 Å². The quantitative estimate of drug-likeness (QED) is 0.333. The fourth-order valence-corrected chi connectivity index (χ4v) is 7.88. The van der Waals surface area contributed by atoms with Gasteiger partial charge in [-0.15, -0.1) is 0 Å². The highest BCUT2D eigenvalue weighted by atomic mass is 16.7. The smallest absolute Gasteiger partial charge is 0.311 e. The van der Waals surface area contributed by atoms with Gasteiger partial charge < -0.3 is 48.6 Å². The van der Waals surface area contributed by atoms with Crippen LogP contribution in [0.1, 0.15) is 88.0 Å². The molecule has 3 fully saturated rings. The highest BCUT2D eigenvalue weighted by Gasteiger charge is 2.52. The molecule has 3 aliphatic rings. The van der Waals surface area contributed by atoms with E-state index in [2.05, 4.69) is 0 Å². The summed E-state index contributed by atoms with van der Waals surface area (Å²) in [4.78, 5) is 31.5. The topological polar surface area (TPSA) is 157 Å². The molecule has 0 amide bonds. The molecule has 0 bridgehead atoms. The Morgan fingerprint density at radius 1 is 1.00 bits per heavy atom. The number of carbonyl (C=O) groups is 2. The van der Waals surface area contributed by atoms with Crippen LogP contribution in [0.3, 0.4) is 0 Å². The maximum absolute atomic E-state index is 14.0. The van der Waals surface area contributed by atoms with E-state index in [1.54, 1.807) is 34.6 Å². The summed E-state index contributed by atoms with van der Waals surface area (Å²) in [6.07, 6.45) is -6.04. The predicted octanol–water partition coefficient (Wildman–Crippen LogP) is 2.36. The van der Waals surface area contributed by atoms with Crippen molar-refractivity contribution in [1.82, 2.24) is 9.80 Å². The fourth-order valence-electron chi connectivity index (χ4n) is 7.88. The standard InChI is InChI=1S/C36H66N2O11/c1-14-25-18-38(12)23(6)28(39)19(2)16-35(8,43)32(49-34-29(40)26(37(10)11)15-20(3)45-34)21(4)30(22(5)33(42)47-25)48-27-17-36(9,44-13)31(41)24(7)46-27/h19-27,29-32,34,40-41,43H,14-18H2,1-13H3/t19-,20-,21+,22-,23+,24+,25-,26+,27+,29-,30+,31+,32-,34+,35+,36-/m1/s1. The zero-order valence-electron chi connectivity index (χ0n) is 32.1. The van der Waals surface area contributed by atoms with Crippen LogP contribution in [-0.2, 0) is 38.0 Å². The molecule has 0 aromatic heterocycles. The first-order chi connectivity index (χ1) is 22.7. The Labute approximate surface area is 293 Å². The second-order valence-corrected chi connectivity index (χ2v) is 15.8. The Balaban J connectivity index is 2.13. The van der Waals surface area contributed by atoms with E-state index in [0.29, 0.717) is 19.4 Å². The van der Waals surface area contributed by atoms with Crippen molar-refractivity contribution < 1.29 is 53.3 Å². The molecule has 49 heavy (non-hydrogen) atoms. The van der Waals surface area contributed by atoms with E-state index < -0.39 is 90.2 Å². The molecule has 0 radical (unpaired) electrons. The molecule has 0 aliphatic carbocycles. The first kappa shape index (κ1) is 42.2. The normalized spacial score (nSPS) is 47.1. The van der Waals surface area contributed by atoms with Gasteiger partial charge >= 0.3 is 5.97 Å². The van der Waals surface area contributed by atoms with Crippen molar-refractivity contribution in [2.75, 3.05) is 34.8 Å². The van der Waals surface area contributed by atoms with Gasteiger partial charge in [0.15, 0.2) is 18.4 Å². The van der Waals surface area contributed by atoms with Gasteiger partial charge in [-0.3, -0.25) is 14.5 Å². The van der Waals surface area contributed by atoms with Crippen molar-refractivity contribution in [1.29, 1.82) is 0 Å². The minimum Gasteiger partial charge on any atom is -0.461 e. The van der Waals surface area contributed by atoms with Crippen molar-refractivity contribution in [2.24, 2.45) is 17.8 Å². The molecule has 13 nitrogen and oxygen atoms in total. The number of carbonyl (C=O) groups excluding carboxylic acids is 2. The lowest BCUT2D eigenvalue weighted by atomic mass is 9.76. The number of aliphatic hydroxyl groups is 3. The molecule has 3 aliphatic heterocycles. The number of ether oxygens (including phenoxy) is 6. The molecule has 0 aromatic rings. The van der Waals surface area contributed by atoms with Crippen molar-refractivity contribution in [3.05, 3.63) is 0 Å². The maximum atomic E-state index is 14.0. The van der Waals surface area contributed by atoms with Crippen molar-refractivity contribution in [3.63, 3.8) is 0 Å². The molecule has 286 valence electrons. The molecule has 3 heterocycles. The number of hydrogen-bond donors (Lipinski definition) is 3. The molecule has 0 unspecified atom stereocenters. The Morgan fingerprint density at radius 3 is 2.20 bits per heavy atom. The summed E-state index contributed by atoms with van der Waals surface area (Å²) in [5.74, 6) is -2.72. The summed E-state index contributed by atoms with van der Waals surface area (Å²) in [5, 5.41) is 34.7. The number of aliphatic hydroxyl groups excluding tert-OH is 2. The zero-order valence-corrected chi connectivity index (χ0v) is 32.1. The Bertz CT molecular complexity index is 1090. The molecule has 3 N–H and O–H groups in total. The van der Waals surface area contributed by atoms with Crippen molar-refractivity contribution in [2.45, 2.75) is 167 Å². The molecular weight excluding hydrogens is 636 g/mol. The first-order valence-electron chi connectivity index (χ1n) is 18.0. The molecule has 16 atom stereocenters. The Hall–Kier alpha value is -1.26. The molecule has 3 saturated heterocycles. The van der Waals surface area contributed by atoms with Crippen LogP contribution < -0.4 is 0 Å². The van der Waals surface area contributed by atoms with Crippen LogP contribution in [-0.4, -0.2) is 150 Å². The third kappa shape index (κ3) is 9.79. The summed E-state index contributed by atoms with van der Waals surface area (Å²) in [5.41, 5.74) is -2.64. The number of cyclic esters (lactones) is 1. The van der Waals surface area contributed by atoms with Gasteiger partial charge in [0.05, 0.1) is 47.6 Å². The monoisotopic (exact) mass is 702 g/mol. The van der Waals surface area contributed by atoms with Gasteiger partial charge in [-0.05, 0) is 81.9 Å². The lowest BCUT2D eigenvalue weighted by molar-refractivity contribution is -0.317. The van der Waals surface area contributed by atoms with Gasteiger partial charge in [0, 0.05) is 38.0 Å². The van der Waals surface area contributed by atoms with E-state index in [-0.39, 0.29) is 30.8 Å². The first-order valence-corrected chi connectivity index (χ1v) is 18.0. The average Bonchev–Trinajstić information content (AvgIpc) is 3.03. The minimum absolute atomic E-state index is 0.0438. The van der Waals surface area contributed by atoms with Gasteiger partial charge in [0.1, 0.15) is 18.3 Å². The zero-order chi connectivity index (χ0) is 37.2. The van der Waals surface area contributed by atoms with Crippen LogP contribution in [0.5, 0.6) is 0 Å². The van der Waals surface area contributed by atoms with Crippen LogP contribution in [0.15, 0.2) is 0 Å². The lowest BCUT2D eigenvalue weighted by Crippen LogP contribution is -2.60. The number of hydrogen-bond acceptors (Lipinski definition) is 13. The molecule has 3 rings (SSSR count). The molecule has 0 aromatic carbocycles. The second kappa shape index (κ2) is 17.0. The largest absolute Gasteiger partial charge is 0.461 e. The maximum Gasteiger partial charge on any atom is 0.311 e. The third-order valence-corrected chi connectivity index (χ3v) is 11.3. The van der Waals surface area contributed by atoms with Crippen molar-refractivity contribution >= 4 is 11.8 Å². The average molecular weight is 703 g/mol. The second-order valence-electron chi connectivity index (χ2n) is 15.8. The van der Waals surface area contributed by atoms with E-state index in [9.17, 15) is 24.9 Å². The summed E-state index contributed by atoms with van der Waals surface area (Å²) < 4.78 is 37.4. The van der Waals surface area contributed by atoms with Crippen LogP contribution in [0.2, 0.25) is 0 Å². The number of ketones is 1. The molecular formula is C36H66N2O11. The Morgan fingerprint density at radius 2 is 1.63 bits per heavy atom. The summed E-state index contributed by atoms with van der Waals surface area (Å²) in [6.45, 7) is 16.5. The third-order valence-electron chi connectivity index (χ3n) is 11.3. The van der Waals surface area contributed by atoms with Gasteiger partial charge in [-0.25, -0.2) is 0 Å². The van der Waals surface area contributed by atoms with E-state index in [1.165, 1.54) is 7.11 Å². The highest BCUT2D eigenvalue weighted by Crippen LogP contribution is 2.39. The van der Waals surface area contributed by atoms with Crippen LogP contribution in [0, 0.1) is 17.8 Å². The molecule has 0 saturated carbocycles. The number of rotatable bonds is 7. The van der Waals surface area contributed by atoms with Crippen LogP contribution in [0.25, 0.3) is 0 Å². The summed E-state index contributed by atoms with van der Waals surface area (Å²) in [7, 11) is 7.11. The van der Waals surface area contributed by atoms with E-state index in [0.717, 1.165) is 0 Å². The van der Waals surface area contributed by atoms with E-state index in [4.69, 9.17) is 28.4 Å². The summed E-state index contributed by atoms with van der Waals surface area (Å²) in [6, 6.07) is -0.764. The van der Waals surface area contributed by atoms with Crippen LogP contribution in [0.4, 0.5) is 0 Å². The molecule has 13 heteroatoms. The number of methoxy groups -OCH3 is 1. The minimum atomic E-state index is -1.65. The fraction of sp³-hybridized carbons (Fsp3) is 0.944. The number of esters is 1. The van der Waals surface area contributed by atoms with Crippen molar-refractivity contribution in [3.8, 4) is 0 Å². The summed E-state index contributed by atoms with van der Waals surface area (Å²) >= 11 is 0. The highest BCUT2D eigenvalue weighted by molar-refractivity contribution is 5.85. The van der Waals surface area contributed by atoms with Gasteiger partial charge in [0.25, 0.3) is 0 Å². The number of Topliss-reactive ketones (excluding diaryl/α,β-unsaturated/α-hetero) is 1. The lowest BCUT2D eigenvalue weighted by Gasteiger charge is -2.49. The van der Waals surface area contributed by atoms with E-state index >= 15 is 0 Å². The van der Waals surface area contributed by atoms with E-state index in [1.807, 2.05) is 58.6 Å².